The van der Waals surface area contributed by atoms with Crippen LogP contribution in [0.5, 0.6) is 0 Å². The number of halogens is 2. The number of aromatic carboxylic acids is 2. The number of rotatable bonds is 18. The van der Waals surface area contributed by atoms with Gasteiger partial charge in [0.25, 0.3) is 11.8 Å². The minimum atomic E-state index is -1.15. The molecule has 0 radical (unpaired) electrons. The van der Waals surface area contributed by atoms with E-state index in [0.29, 0.717) is 54.7 Å². The lowest BCUT2D eigenvalue weighted by Crippen LogP contribution is -2.11. The molecular weight excluding hydrogens is 1500 g/mol. The van der Waals surface area contributed by atoms with Crippen molar-refractivity contribution in [1.82, 2.24) is 79.9 Å². The molecule has 0 saturated heterocycles. The number of hydrogen-bond donors (Lipinski definition) is 4. The third kappa shape index (κ3) is 17.0. The monoisotopic (exact) mass is 1560 g/mol. The number of carboxylic acid groups (broad SMARTS) is 4. The van der Waals surface area contributed by atoms with Crippen LogP contribution in [-0.4, -0.2) is 124 Å². The molecule has 0 spiro atoms. The van der Waals surface area contributed by atoms with Crippen LogP contribution in [0.1, 0.15) is 105 Å². The summed E-state index contributed by atoms with van der Waals surface area (Å²) in [4.78, 5) is 45.4. The van der Waals surface area contributed by atoms with Crippen LogP contribution < -0.4 is 0 Å². The number of carboxylic acids is 4. The molecule has 0 atom stereocenters. The largest absolute Gasteiger partial charge is 0.480 e. The lowest BCUT2D eigenvalue weighted by atomic mass is 10.0. The van der Waals surface area contributed by atoms with Crippen LogP contribution in [0.15, 0.2) is 176 Å². The molecule has 0 aliphatic carbocycles. The number of para-hydroxylation sites is 2. The number of carbonyl (C=O) groups is 4. The van der Waals surface area contributed by atoms with Gasteiger partial charge < -0.3 is 29.3 Å². The van der Waals surface area contributed by atoms with Gasteiger partial charge in [0.2, 0.25) is 11.8 Å². The topological polar surface area (TPSA) is 350 Å². The molecule has 0 aliphatic rings. The first-order valence-electron chi connectivity index (χ1n) is 32.2. The zero-order chi connectivity index (χ0) is 74.2. The fourth-order valence-electron chi connectivity index (χ4n) is 10.9. The normalized spacial score (nSPS) is 11.1. The summed E-state index contributed by atoms with van der Waals surface area (Å²) in [5, 5.41) is 90.6. The number of aliphatic carboxylic acids is 2. The van der Waals surface area contributed by atoms with E-state index in [1.54, 1.807) is 22.4 Å². The molecule has 30 heteroatoms. The van der Waals surface area contributed by atoms with E-state index in [4.69, 9.17) is 19.0 Å². The van der Waals surface area contributed by atoms with Gasteiger partial charge in [0.05, 0.1) is 37.4 Å². The summed E-state index contributed by atoms with van der Waals surface area (Å²) in [5.41, 5.74) is 15.1. The summed E-state index contributed by atoms with van der Waals surface area (Å²) >= 11 is 9.66. The molecule has 0 saturated carbocycles. The Labute approximate surface area is 619 Å². The first kappa shape index (κ1) is 73.6. The van der Waals surface area contributed by atoms with Crippen molar-refractivity contribution in [3.05, 3.63) is 223 Å². The van der Waals surface area contributed by atoms with Crippen LogP contribution >= 0.6 is 54.5 Å². The number of nitrogens with zero attached hydrogens (tertiary/aromatic N) is 16. The molecule has 0 fully saturated rings. The van der Waals surface area contributed by atoms with Crippen molar-refractivity contribution >= 4 is 78.4 Å². The predicted molar refractivity (Wildman–Crippen MR) is 399 cm³/mol. The molecular formula is C74H66Br2N16O10S2. The van der Waals surface area contributed by atoms with E-state index in [1.165, 1.54) is 32.0 Å². The lowest BCUT2D eigenvalue weighted by Gasteiger charge is -2.14. The van der Waals surface area contributed by atoms with Crippen molar-refractivity contribution in [3.8, 4) is 100.0 Å². The van der Waals surface area contributed by atoms with Crippen molar-refractivity contribution < 1.29 is 48.4 Å². The molecule has 104 heavy (non-hydrogen) atoms. The summed E-state index contributed by atoms with van der Waals surface area (Å²) in [7, 11) is 0. The van der Waals surface area contributed by atoms with Gasteiger partial charge in [-0.1, -0.05) is 170 Å². The summed E-state index contributed by atoms with van der Waals surface area (Å²) in [5.74, 6) is -2.57. The Bertz CT molecular complexity index is 5150. The van der Waals surface area contributed by atoms with Crippen molar-refractivity contribution in [1.29, 1.82) is 0 Å². The second-order valence-corrected chi connectivity index (χ2v) is 28.0. The second-order valence-electron chi connectivity index (χ2n) is 24.5. The highest BCUT2D eigenvalue weighted by Gasteiger charge is 2.30. The standard InChI is InChI=1S/C22H19BrN4O3.C22H19BrN4O2S.C15H14N4O3.C15H14N4O2S/c2*1-12(2)15-9-4-5-10-16(15)27-19(17(23)18(26-27)22(28)29)21-25-24-20(30-21)14-8-6-7-13(3)11-14;2*1-9-4-3-5-11(6-9)14-16-17-15(22-14)12-7-10(2)18-19(12)8-13(20)21/h2*4-12H,1-3H3,(H,28,29);2*3-7H,8H2,1-2H3,(H,20,21). The maximum atomic E-state index is 11.8. The Morgan fingerprint density at radius 2 is 0.769 bits per heavy atom. The number of hydrogen-bond acceptors (Lipinski definition) is 20. The predicted octanol–water partition coefficient (Wildman–Crippen LogP) is 16.5. The smallest absolute Gasteiger partial charge is 0.357 e. The minimum Gasteiger partial charge on any atom is -0.480 e. The molecule has 528 valence electrons. The molecule has 0 aliphatic heterocycles. The van der Waals surface area contributed by atoms with Gasteiger partial charge in [-0.3, -0.25) is 14.3 Å². The third-order valence-corrected chi connectivity index (χ3v) is 19.1. The van der Waals surface area contributed by atoms with Gasteiger partial charge in [-0.15, -0.1) is 40.8 Å². The van der Waals surface area contributed by atoms with E-state index in [-0.39, 0.29) is 52.6 Å². The first-order valence-corrected chi connectivity index (χ1v) is 35.4. The molecule has 0 unspecified atom stereocenters. The zero-order valence-electron chi connectivity index (χ0n) is 57.5. The fourth-order valence-corrected chi connectivity index (χ4v) is 14.0. The highest BCUT2D eigenvalue weighted by molar-refractivity contribution is 9.11. The molecule has 14 rings (SSSR count). The highest BCUT2D eigenvalue weighted by Crippen LogP contribution is 2.41. The van der Waals surface area contributed by atoms with Gasteiger partial charge in [0.15, 0.2) is 21.4 Å². The molecule has 4 N–H and O–H groups in total. The van der Waals surface area contributed by atoms with Gasteiger partial charge in [0, 0.05) is 22.3 Å². The van der Waals surface area contributed by atoms with Crippen LogP contribution in [0.3, 0.4) is 0 Å². The van der Waals surface area contributed by atoms with Gasteiger partial charge in [0.1, 0.15) is 40.2 Å². The first-order chi connectivity index (χ1) is 49.8. The maximum absolute atomic E-state index is 11.8. The maximum Gasteiger partial charge on any atom is 0.357 e. The summed E-state index contributed by atoms with van der Waals surface area (Å²) < 4.78 is 18.3. The Morgan fingerprint density at radius 1 is 0.404 bits per heavy atom. The quantitative estimate of drug-likeness (QED) is 0.0620. The highest BCUT2D eigenvalue weighted by atomic mass is 79.9. The summed E-state index contributed by atoms with van der Waals surface area (Å²) in [6, 6.07) is 50.6. The van der Waals surface area contributed by atoms with Gasteiger partial charge >= 0.3 is 23.9 Å². The Morgan fingerprint density at radius 3 is 1.22 bits per heavy atom. The molecule has 0 amide bonds. The Balaban J connectivity index is 0.000000140. The lowest BCUT2D eigenvalue weighted by molar-refractivity contribution is -0.138. The van der Waals surface area contributed by atoms with E-state index in [2.05, 4.69) is 121 Å². The average molecular weight is 1560 g/mol. The average Bonchev–Trinajstić information content (AvgIpc) is 1.59. The van der Waals surface area contributed by atoms with Crippen molar-refractivity contribution in [2.75, 3.05) is 0 Å². The zero-order valence-corrected chi connectivity index (χ0v) is 62.4. The molecule has 26 nitrogen and oxygen atoms in total. The number of aryl methyl sites for hydroxylation is 6. The van der Waals surface area contributed by atoms with Crippen molar-refractivity contribution in [2.24, 2.45) is 0 Å². The van der Waals surface area contributed by atoms with Crippen molar-refractivity contribution in [3.63, 3.8) is 0 Å². The third-order valence-electron chi connectivity index (χ3n) is 15.6. The molecule has 8 aromatic heterocycles. The van der Waals surface area contributed by atoms with Crippen LogP contribution in [0, 0.1) is 41.5 Å². The van der Waals surface area contributed by atoms with E-state index in [9.17, 15) is 29.4 Å². The number of aromatic nitrogens is 16. The minimum absolute atomic E-state index is 0.0594. The molecule has 14 aromatic rings. The van der Waals surface area contributed by atoms with E-state index in [1.807, 2.05) is 186 Å². The van der Waals surface area contributed by atoms with Crippen LogP contribution in [0.4, 0.5) is 0 Å². The molecule has 8 heterocycles. The van der Waals surface area contributed by atoms with E-state index in [0.717, 1.165) is 82.7 Å². The van der Waals surface area contributed by atoms with Crippen LogP contribution in [0.25, 0.3) is 100.0 Å². The number of benzene rings is 6. The molecule has 0 bridgehead atoms. The summed E-state index contributed by atoms with van der Waals surface area (Å²) in [6.07, 6.45) is 0. The second kappa shape index (κ2) is 32.2. The van der Waals surface area contributed by atoms with E-state index < -0.39 is 23.9 Å². The van der Waals surface area contributed by atoms with E-state index >= 15 is 0 Å². The van der Waals surface area contributed by atoms with Crippen LogP contribution in [-0.2, 0) is 22.7 Å². The van der Waals surface area contributed by atoms with Crippen LogP contribution in [0.2, 0.25) is 0 Å². The molecule has 6 aromatic carbocycles. The van der Waals surface area contributed by atoms with Gasteiger partial charge in [-0.25, -0.2) is 23.6 Å². The van der Waals surface area contributed by atoms with Gasteiger partial charge in [-0.05, 0) is 157 Å². The van der Waals surface area contributed by atoms with Gasteiger partial charge in [-0.2, -0.15) is 20.4 Å². The SMILES string of the molecule is Cc1cccc(-c2nnc(-c3c(Br)c(C(=O)O)nn3-c3ccccc3C(C)C)o2)c1.Cc1cccc(-c2nnc(-c3c(Br)c(C(=O)O)nn3-c3ccccc3C(C)C)s2)c1.Cc1cccc(-c2nnc(-c3cc(C)nn3CC(=O)O)o2)c1.Cc1cccc(-c2nnc(-c3cc(C)nn3CC(=O)O)s2)c1. The van der Waals surface area contributed by atoms with Crippen molar-refractivity contribution in [2.45, 2.75) is 94.2 Å². The fraction of sp³-hybridized carbons (Fsp3) is 0.189. The summed E-state index contributed by atoms with van der Waals surface area (Å²) in [6.45, 7) is 19.5. The Hall–Kier alpha value is -11.6. The Kier molecular flexibility index (Phi) is 22.8.